The van der Waals surface area contributed by atoms with Crippen molar-refractivity contribution in [2.75, 3.05) is 7.05 Å². The molecule has 0 aliphatic rings. The Hall–Kier alpha value is -1.58. The highest BCUT2D eigenvalue weighted by Crippen LogP contribution is 2.21. The van der Waals surface area contributed by atoms with Crippen molar-refractivity contribution in [3.05, 3.63) is 23.5 Å². The molecule has 2 N–H and O–H groups in total. The van der Waals surface area contributed by atoms with Gasteiger partial charge in [-0.1, -0.05) is 13.8 Å². The number of nitrogens with zero attached hydrogens (tertiary/aromatic N) is 1. The molecule has 0 fully saturated rings. The third-order valence-electron chi connectivity index (χ3n) is 2.26. The third kappa shape index (κ3) is 2.46. The van der Waals surface area contributed by atoms with Gasteiger partial charge in [0.2, 0.25) is 0 Å². The summed E-state index contributed by atoms with van der Waals surface area (Å²) in [6, 6.07) is 0. The van der Waals surface area contributed by atoms with Crippen LogP contribution in [0.2, 0.25) is 0 Å². The molecule has 0 saturated carbocycles. The average Bonchev–Trinajstić information content (AvgIpc) is 2.64. The first kappa shape index (κ1) is 11.5. The van der Waals surface area contributed by atoms with Gasteiger partial charge < -0.3 is 5.32 Å². The number of carbonyl (C=O) groups is 1. The van der Waals surface area contributed by atoms with Crippen LogP contribution in [0.25, 0.3) is 5.70 Å². The van der Waals surface area contributed by atoms with Gasteiger partial charge in [0.05, 0.1) is 11.9 Å². The van der Waals surface area contributed by atoms with Gasteiger partial charge in [0, 0.05) is 24.4 Å². The van der Waals surface area contributed by atoms with Crippen LogP contribution in [0.1, 0.15) is 26.3 Å². The smallest absolute Gasteiger partial charge is 0.158 e. The van der Waals surface area contributed by atoms with Gasteiger partial charge in [0.25, 0.3) is 0 Å². The quantitative estimate of drug-likeness (QED) is 0.737. The molecule has 0 radical (unpaired) electrons. The van der Waals surface area contributed by atoms with Crippen molar-refractivity contribution >= 4 is 11.5 Å². The zero-order valence-electron chi connectivity index (χ0n) is 9.59. The first-order chi connectivity index (χ1) is 7.07. The molecular formula is C11H17N3O. The number of hydrogen-bond acceptors (Lipinski definition) is 3. The molecule has 0 atom stereocenters. The number of hydrogen-bond donors (Lipinski definition) is 2. The Morgan fingerprint density at radius 3 is 2.53 bits per heavy atom. The molecule has 1 rings (SSSR count). The van der Waals surface area contributed by atoms with Gasteiger partial charge in [-0.25, -0.2) is 0 Å². The minimum atomic E-state index is 0.0931. The third-order valence-corrected chi connectivity index (χ3v) is 2.26. The lowest BCUT2D eigenvalue weighted by atomic mass is 9.95. The summed E-state index contributed by atoms with van der Waals surface area (Å²) >= 11 is 0. The lowest BCUT2D eigenvalue weighted by molar-refractivity contribution is -0.114. The SMILES string of the molecule is CN/C(=C(\C(C)=O)C(C)C)c1cn[nH]c1. The molecule has 4 nitrogen and oxygen atoms in total. The first-order valence-corrected chi connectivity index (χ1v) is 5.00. The van der Waals surface area contributed by atoms with Gasteiger partial charge >= 0.3 is 0 Å². The van der Waals surface area contributed by atoms with Crippen molar-refractivity contribution in [3.8, 4) is 0 Å². The van der Waals surface area contributed by atoms with E-state index in [4.69, 9.17) is 0 Å². The van der Waals surface area contributed by atoms with Gasteiger partial charge in [-0.05, 0) is 12.8 Å². The molecular weight excluding hydrogens is 190 g/mol. The van der Waals surface area contributed by atoms with Crippen LogP contribution in [0.15, 0.2) is 18.0 Å². The molecule has 0 bridgehead atoms. The predicted molar refractivity (Wildman–Crippen MR) is 60.1 cm³/mol. The Bertz CT molecular complexity index is 363. The van der Waals surface area contributed by atoms with Crippen molar-refractivity contribution in [2.45, 2.75) is 20.8 Å². The highest BCUT2D eigenvalue weighted by Gasteiger charge is 2.16. The maximum atomic E-state index is 11.6. The van der Waals surface area contributed by atoms with Crippen LogP contribution in [-0.2, 0) is 4.79 Å². The summed E-state index contributed by atoms with van der Waals surface area (Å²) in [5, 5.41) is 9.69. The average molecular weight is 207 g/mol. The lowest BCUT2D eigenvalue weighted by Gasteiger charge is -2.14. The number of aromatic nitrogens is 2. The Kier molecular flexibility index (Phi) is 3.66. The Morgan fingerprint density at radius 1 is 1.53 bits per heavy atom. The van der Waals surface area contributed by atoms with E-state index < -0.39 is 0 Å². The largest absolute Gasteiger partial charge is 0.387 e. The number of aromatic amines is 1. The van der Waals surface area contributed by atoms with Crippen LogP contribution in [-0.4, -0.2) is 23.0 Å². The number of ketones is 1. The monoisotopic (exact) mass is 207 g/mol. The van der Waals surface area contributed by atoms with Crippen molar-refractivity contribution < 1.29 is 4.79 Å². The van der Waals surface area contributed by atoms with Gasteiger partial charge in [-0.15, -0.1) is 0 Å². The van der Waals surface area contributed by atoms with Crippen molar-refractivity contribution in [2.24, 2.45) is 5.92 Å². The van der Waals surface area contributed by atoms with E-state index in [1.54, 1.807) is 19.3 Å². The van der Waals surface area contributed by atoms with Crippen LogP contribution >= 0.6 is 0 Å². The van der Waals surface area contributed by atoms with E-state index in [1.165, 1.54) is 0 Å². The van der Waals surface area contributed by atoms with E-state index in [1.807, 2.05) is 20.9 Å². The first-order valence-electron chi connectivity index (χ1n) is 5.00. The van der Waals surface area contributed by atoms with Crippen LogP contribution in [0.4, 0.5) is 0 Å². The molecule has 0 amide bonds. The highest BCUT2D eigenvalue weighted by molar-refractivity contribution is 6.01. The van der Waals surface area contributed by atoms with Gasteiger partial charge in [0.15, 0.2) is 5.78 Å². The summed E-state index contributed by atoms with van der Waals surface area (Å²) in [6.45, 7) is 5.61. The summed E-state index contributed by atoms with van der Waals surface area (Å²) < 4.78 is 0. The van der Waals surface area contributed by atoms with Crippen molar-refractivity contribution in [1.29, 1.82) is 0 Å². The second-order valence-electron chi connectivity index (χ2n) is 3.74. The van der Waals surface area contributed by atoms with E-state index in [0.717, 1.165) is 16.8 Å². The number of carbonyl (C=O) groups excluding carboxylic acids is 1. The predicted octanol–water partition coefficient (Wildman–Crippen LogP) is 1.59. The van der Waals surface area contributed by atoms with Crippen LogP contribution in [0.5, 0.6) is 0 Å². The molecule has 82 valence electrons. The summed E-state index contributed by atoms with van der Waals surface area (Å²) in [4.78, 5) is 11.6. The fraction of sp³-hybridized carbons (Fsp3) is 0.455. The van der Waals surface area contributed by atoms with Crippen LogP contribution in [0.3, 0.4) is 0 Å². The zero-order chi connectivity index (χ0) is 11.4. The van der Waals surface area contributed by atoms with Crippen molar-refractivity contribution in [1.82, 2.24) is 15.5 Å². The van der Waals surface area contributed by atoms with E-state index >= 15 is 0 Å². The molecule has 0 aliphatic carbocycles. The molecule has 0 saturated heterocycles. The minimum absolute atomic E-state index is 0.0931. The standard InChI is InChI=1S/C11H17N3O/c1-7(2)10(8(3)15)11(12-4)9-5-13-14-6-9/h5-7,12H,1-4H3,(H,13,14)/b11-10-. The molecule has 1 aromatic rings. The van der Waals surface area contributed by atoms with Gasteiger partial charge in [-0.3, -0.25) is 9.89 Å². The van der Waals surface area contributed by atoms with E-state index in [2.05, 4.69) is 15.5 Å². The minimum Gasteiger partial charge on any atom is -0.387 e. The number of Topliss-reactive ketones (excluding diaryl/α,β-unsaturated/α-hetero) is 1. The highest BCUT2D eigenvalue weighted by atomic mass is 16.1. The fourth-order valence-corrected chi connectivity index (χ4v) is 1.69. The molecule has 0 aromatic carbocycles. The molecule has 0 spiro atoms. The fourth-order valence-electron chi connectivity index (χ4n) is 1.69. The number of allylic oxidation sites excluding steroid dienone is 1. The van der Waals surface area contributed by atoms with Crippen LogP contribution < -0.4 is 5.32 Å². The topological polar surface area (TPSA) is 57.8 Å². The maximum absolute atomic E-state index is 11.6. The second kappa shape index (κ2) is 4.77. The molecule has 0 aliphatic heterocycles. The normalized spacial score (nSPS) is 12.6. The van der Waals surface area contributed by atoms with Gasteiger partial charge in [-0.2, -0.15) is 5.10 Å². The zero-order valence-corrected chi connectivity index (χ0v) is 9.59. The Morgan fingerprint density at radius 2 is 2.20 bits per heavy atom. The Balaban J connectivity index is 3.26. The summed E-state index contributed by atoms with van der Waals surface area (Å²) in [5.74, 6) is 0.287. The second-order valence-corrected chi connectivity index (χ2v) is 3.74. The van der Waals surface area contributed by atoms with E-state index in [0.29, 0.717) is 0 Å². The molecule has 15 heavy (non-hydrogen) atoms. The number of nitrogens with one attached hydrogen (secondary N) is 2. The molecule has 0 unspecified atom stereocenters. The summed E-state index contributed by atoms with van der Waals surface area (Å²) in [7, 11) is 1.81. The maximum Gasteiger partial charge on any atom is 0.158 e. The van der Waals surface area contributed by atoms with E-state index in [9.17, 15) is 4.79 Å². The van der Waals surface area contributed by atoms with Gasteiger partial charge in [0.1, 0.15) is 0 Å². The van der Waals surface area contributed by atoms with Crippen LogP contribution in [0, 0.1) is 5.92 Å². The van der Waals surface area contributed by atoms with E-state index in [-0.39, 0.29) is 11.7 Å². The lowest BCUT2D eigenvalue weighted by Crippen LogP contribution is -2.15. The molecule has 1 heterocycles. The Labute approximate surface area is 89.8 Å². The van der Waals surface area contributed by atoms with Crippen molar-refractivity contribution in [3.63, 3.8) is 0 Å². The molecule has 4 heteroatoms. The number of rotatable bonds is 4. The summed E-state index contributed by atoms with van der Waals surface area (Å²) in [5.41, 5.74) is 2.57. The number of H-pyrrole nitrogens is 1. The molecule has 1 aromatic heterocycles. The summed E-state index contributed by atoms with van der Waals surface area (Å²) in [6.07, 6.45) is 3.48.